The standard InChI is InChI=1S/C24H27N3O4S2/c1-24(2,33-32-4)8-7-22(29)26-15-6-5-14-9-16-13-25-18-12-20(28)21(31-3)11-17(18)23(30)27(16)19(14)10-15/h5-6,10-13,16,28H,7-9H2,1-4H3,(H,26,29)/t16-/m0/s1. The third-order valence-corrected chi connectivity index (χ3v) is 8.46. The predicted octanol–water partition coefficient (Wildman–Crippen LogP) is 5.20. The van der Waals surface area contributed by atoms with Crippen LogP contribution in [-0.2, 0) is 11.2 Å². The van der Waals surface area contributed by atoms with Gasteiger partial charge in [0.05, 0.1) is 30.1 Å². The van der Waals surface area contributed by atoms with Gasteiger partial charge in [-0.2, -0.15) is 0 Å². The van der Waals surface area contributed by atoms with E-state index in [9.17, 15) is 14.7 Å². The Hall–Kier alpha value is -2.65. The van der Waals surface area contributed by atoms with E-state index in [-0.39, 0.29) is 34.1 Å². The Bertz CT molecular complexity index is 1130. The van der Waals surface area contributed by atoms with Crippen LogP contribution in [0.4, 0.5) is 17.1 Å². The van der Waals surface area contributed by atoms with Crippen molar-refractivity contribution in [2.24, 2.45) is 4.99 Å². The molecule has 0 fully saturated rings. The van der Waals surface area contributed by atoms with Crippen LogP contribution in [0.25, 0.3) is 0 Å². The summed E-state index contributed by atoms with van der Waals surface area (Å²) in [5.74, 6) is -0.107. The molecule has 0 saturated carbocycles. The second-order valence-corrected chi connectivity index (χ2v) is 11.8. The number of hydrogen-bond donors (Lipinski definition) is 2. The lowest BCUT2D eigenvalue weighted by Crippen LogP contribution is -2.37. The van der Waals surface area contributed by atoms with Gasteiger partial charge in [-0.05, 0) is 50.3 Å². The van der Waals surface area contributed by atoms with E-state index in [0.717, 1.165) is 17.7 Å². The molecule has 4 rings (SSSR count). The average Bonchev–Trinajstić information content (AvgIpc) is 3.07. The van der Waals surface area contributed by atoms with Crippen LogP contribution in [0.2, 0.25) is 0 Å². The fourth-order valence-corrected chi connectivity index (χ4v) is 6.35. The van der Waals surface area contributed by atoms with E-state index in [1.54, 1.807) is 32.7 Å². The van der Waals surface area contributed by atoms with Crippen LogP contribution in [0.3, 0.4) is 0 Å². The van der Waals surface area contributed by atoms with Crippen molar-refractivity contribution in [2.45, 2.75) is 43.9 Å². The van der Waals surface area contributed by atoms with Gasteiger partial charge in [-0.3, -0.25) is 19.5 Å². The number of aromatic hydroxyl groups is 1. The Morgan fingerprint density at radius 2 is 2.12 bits per heavy atom. The van der Waals surface area contributed by atoms with Crippen molar-refractivity contribution in [3.05, 3.63) is 41.5 Å². The number of fused-ring (bicyclic) bond motifs is 4. The van der Waals surface area contributed by atoms with Gasteiger partial charge in [-0.1, -0.05) is 27.7 Å². The number of ether oxygens (including phenoxy) is 1. The lowest BCUT2D eigenvalue weighted by Gasteiger charge is -2.23. The monoisotopic (exact) mass is 485 g/mol. The zero-order valence-corrected chi connectivity index (χ0v) is 20.7. The third kappa shape index (κ3) is 4.84. The number of nitrogens with zero attached hydrogens (tertiary/aromatic N) is 2. The highest BCUT2D eigenvalue weighted by Crippen LogP contribution is 2.41. The summed E-state index contributed by atoms with van der Waals surface area (Å²) in [6, 6.07) is 8.41. The molecule has 2 aromatic rings. The largest absolute Gasteiger partial charge is 0.504 e. The number of nitrogens with one attached hydrogen (secondary N) is 1. The molecule has 0 unspecified atom stereocenters. The van der Waals surface area contributed by atoms with Gasteiger partial charge in [0.25, 0.3) is 5.91 Å². The molecule has 0 radical (unpaired) electrons. The van der Waals surface area contributed by atoms with Crippen molar-refractivity contribution in [1.29, 1.82) is 0 Å². The molecular weight excluding hydrogens is 458 g/mol. The van der Waals surface area contributed by atoms with Crippen molar-refractivity contribution in [3.8, 4) is 11.5 Å². The van der Waals surface area contributed by atoms with Crippen LogP contribution in [-0.4, -0.2) is 47.3 Å². The lowest BCUT2D eigenvalue weighted by molar-refractivity contribution is -0.116. The third-order valence-electron chi connectivity index (χ3n) is 5.78. The lowest BCUT2D eigenvalue weighted by atomic mass is 10.1. The highest BCUT2D eigenvalue weighted by Gasteiger charge is 2.36. The van der Waals surface area contributed by atoms with Gasteiger partial charge < -0.3 is 15.2 Å². The summed E-state index contributed by atoms with van der Waals surface area (Å²) in [5.41, 5.74) is 3.20. The van der Waals surface area contributed by atoms with E-state index in [2.05, 4.69) is 24.2 Å². The first kappa shape index (κ1) is 23.5. The Morgan fingerprint density at radius 3 is 2.85 bits per heavy atom. The van der Waals surface area contributed by atoms with Crippen LogP contribution >= 0.6 is 21.6 Å². The van der Waals surface area contributed by atoms with E-state index in [4.69, 9.17) is 4.74 Å². The molecule has 0 saturated heterocycles. The molecule has 0 aliphatic carbocycles. The van der Waals surface area contributed by atoms with Gasteiger partial charge in [0.1, 0.15) is 0 Å². The summed E-state index contributed by atoms with van der Waals surface area (Å²) in [6.07, 6.45) is 5.60. The molecule has 7 nitrogen and oxygen atoms in total. The van der Waals surface area contributed by atoms with Crippen molar-refractivity contribution in [3.63, 3.8) is 0 Å². The second kappa shape index (κ2) is 9.30. The fraction of sp³-hybridized carbons (Fsp3) is 0.375. The van der Waals surface area contributed by atoms with Gasteiger partial charge in [0, 0.05) is 35.6 Å². The number of phenolic OH excluding ortho intramolecular Hbond substituents is 1. The molecule has 0 spiro atoms. The van der Waals surface area contributed by atoms with Crippen LogP contribution in [0.1, 0.15) is 42.6 Å². The molecule has 2 amide bonds. The summed E-state index contributed by atoms with van der Waals surface area (Å²) in [7, 11) is 4.91. The maximum absolute atomic E-state index is 13.5. The minimum Gasteiger partial charge on any atom is -0.504 e. The molecule has 2 aliphatic heterocycles. The zero-order valence-electron chi connectivity index (χ0n) is 19.0. The molecule has 9 heteroatoms. The summed E-state index contributed by atoms with van der Waals surface area (Å²) in [5, 5.41) is 13.1. The Labute approximate surface area is 201 Å². The number of benzene rings is 2. The van der Waals surface area contributed by atoms with Crippen molar-refractivity contribution in [1.82, 2.24) is 0 Å². The molecule has 2 aliphatic rings. The van der Waals surface area contributed by atoms with Crippen LogP contribution in [0.5, 0.6) is 11.5 Å². The normalized spacial score (nSPS) is 16.7. The summed E-state index contributed by atoms with van der Waals surface area (Å²) >= 11 is 0. The maximum Gasteiger partial charge on any atom is 0.261 e. The summed E-state index contributed by atoms with van der Waals surface area (Å²) in [4.78, 5) is 32.2. The van der Waals surface area contributed by atoms with Crippen LogP contribution in [0, 0.1) is 0 Å². The molecule has 0 bridgehead atoms. The average molecular weight is 486 g/mol. The predicted molar refractivity (Wildman–Crippen MR) is 137 cm³/mol. The number of rotatable bonds is 7. The first-order valence-electron chi connectivity index (χ1n) is 10.7. The Morgan fingerprint density at radius 1 is 1.33 bits per heavy atom. The van der Waals surface area contributed by atoms with Gasteiger partial charge in [-0.15, -0.1) is 0 Å². The summed E-state index contributed by atoms with van der Waals surface area (Å²) < 4.78 is 5.20. The van der Waals surface area contributed by atoms with Crippen molar-refractivity contribution < 1.29 is 19.4 Å². The SMILES string of the molecule is COc1cc2c(cc1O)N=C[C@@H]1Cc3ccc(NC(=O)CCC(C)(C)SSC)cc3N1C2=O. The molecule has 2 aromatic carbocycles. The van der Waals surface area contributed by atoms with Crippen LogP contribution < -0.4 is 15.0 Å². The van der Waals surface area contributed by atoms with E-state index >= 15 is 0 Å². The minimum absolute atomic E-state index is 0.0165. The molecule has 2 heterocycles. The second-order valence-electron chi connectivity index (χ2n) is 8.67. The maximum atomic E-state index is 13.5. The number of carbonyl (C=O) groups excluding carboxylic acids is 2. The number of anilines is 2. The number of hydrogen-bond acceptors (Lipinski definition) is 7. The van der Waals surface area contributed by atoms with E-state index < -0.39 is 0 Å². The van der Waals surface area contributed by atoms with Gasteiger partial charge in [0.15, 0.2) is 11.5 Å². The molecular formula is C24H27N3O4S2. The first-order valence-corrected chi connectivity index (χ1v) is 13.2. The number of aliphatic imine (C=N–C) groups is 1. The molecule has 2 N–H and O–H groups in total. The van der Waals surface area contributed by atoms with Gasteiger partial charge >= 0.3 is 0 Å². The highest BCUT2D eigenvalue weighted by atomic mass is 33.1. The number of carbonyl (C=O) groups is 2. The van der Waals surface area contributed by atoms with Gasteiger partial charge in [-0.25, -0.2) is 0 Å². The fourth-order valence-electron chi connectivity index (χ4n) is 4.11. The molecule has 0 aromatic heterocycles. The van der Waals surface area contributed by atoms with Crippen LogP contribution in [0.15, 0.2) is 35.3 Å². The quantitative estimate of drug-likeness (QED) is 0.524. The van der Waals surface area contributed by atoms with Crippen molar-refractivity contribution >= 4 is 56.7 Å². The Balaban J connectivity index is 1.56. The van der Waals surface area contributed by atoms with E-state index in [1.165, 1.54) is 19.2 Å². The Kier molecular flexibility index (Phi) is 6.63. The first-order chi connectivity index (χ1) is 15.7. The number of methoxy groups -OCH3 is 1. The zero-order chi connectivity index (χ0) is 23.8. The minimum atomic E-state index is -0.233. The number of phenols is 1. The smallest absolute Gasteiger partial charge is 0.261 e. The van der Waals surface area contributed by atoms with Gasteiger partial charge in [0.2, 0.25) is 5.91 Å². The molecule has 33 heavy (non-hydrogen) atoms. The topological polar surface area (TPSA) is 91.2 Å². The van der Waals surface area contributed by atoms with Crippen molar-refractivity contribution in [2.75, 3.05) is 23.6 Å². The summed E-state index contributed by atoms with van der Waals surface area (Å²) in [6.45, 7) is 4.27. The molecule has 1 atom stereocenters. The number of amides is 2. The van der Waals surface area contributed by atoms with E-state index in [0.29, 0.717) is 29.8 Å². The highest BCUT2D eigenvalue weighted by molar-refractivity contribution is 8.76. The molecule has 174 valence electrons. The van der Waals surface area contributed by atoms with E-state index in [1.807, 2.05) is 24.5 Å².